The van der Waals surface area contributed by atoms with E-state index in [0.717, 1.165) is 0 Å². The topological polar surface area (TPSA) is 76.4 Å². The number of hydrogen-bond acceptors (Lipinski definition) is 4. The van der Waals surface area contributed by atoms with E-state index >= 15 is 0 Å². The molecule has 2 heterocycles. The maximum Gasteiger partial charge on any atom is 0.287 e. The Morgan fingerprint density at radius 1 is 1.23 bits per heavy atom. The Labute approximate surface area is 127 Å². The van der Waals surface area contributed by atoms with Crippen molar-refractivity contribution in [3.63, 3.8) is 0 Å². The first kappa shape index (κ1) is 14.8. The molecule has 1 amide bonds. The lowest BCUT2D eigenvalue weighted by atomic mass is 10.1. The van der Waals surface area contributed by atoms with Gasteiger partial charge in [-0.15, -0.1) is 0 Å². The van der Waals surface area contributed by atoms with E-state index in [2.05, 4.69) is 5.32 Å². The number of amides is 1. The molecule has 7 heteroatoms. The summed E-state index contributed by atoms with van der Waals surface area (Å²) in [6.45, 7) is 0. The molecule has 0 saturated carbocycles. The number of nitrogens with one attached hydrogen (secondary N) is 1. The van der Waals surface area contributed by atoms with Crippen molar-refractivity contribution in [3.05, 3.63) is 48.0 Å². The molecule has 116 valence electrons. The van der Waals surface area contributed by atoms with E-state index in [-0.39, 0.29) is 28.6 Å². The molecule has 0 aliphatic carbocycles. The first-order valence-electron chi connectivity index (χ1n) is 6.81. The SMILES string of the molecule is O=C(N[C@H]1CCS(=O)(=O)C1)c1ccc(-c2ccccc2F)o1. The molecule has 2 aromatic rings. The molecule has 5 nitrogen and oxygen atoms in total. The van der Waals surface area contributed by atoms with Gasteiger partial charge in [-0.25, -0.2) is 12.8 Å². The summed E-state index contributed by atoms with van der Waals surface area (Å²) in [4.78, 5) is 12.0. The summed E-state index contributed by atoms with van der Waals surface area (Å²) in [5, 5.41) is 2.62. The molecular weight excluding hydrogens is 309 g/mol. The molecule has 1 atom stereocenters. The maximum atomic E-state index is 13.7. The van der Waals surface area contributed by atoms with E-state index in [4.69, 9.17) is 4.42 Å². The van der Waals surface area contributed by atoms with Gasteiger partial charge in [0.25, 0.3) is 5.91 Å². The van der Waals surface area contributed by atoms with Crippen molar-refractivity contribution < 1.29 is 22.0 Å². The van der Waals surface area contributed by atoms with Crippen molar-refractivity contribution in [2.75, 3.05) is 11.5 Å². The zero-order valence-electron chi connectivity index (χ0n) is 11.6. The zero-order chi connectivity index (χ0) is 15.7. The van der Waals surface area contributed by atoms with Gasteiger partial charge in [-0.2, -0.15) is 0 Å². The molecule has 0 bridgehead atoms. The second-order valence-corrected chi connectivity index (χ2v) is 7.45. The van der Waals surface area contributed by atoms with Crippen LogP contribution in [0.15, 0.2) is 40.8 Å². The number of hydrogen-bond donors (Lipinski definition) is 1. The largest absolute Gasteiger partial charge is 0.451 e. The van der Waals surface area contributed by atoms with E-state index in [1.165, 1.54) is 18.2 Å². The van der Waals surface area contributed by atoms with Gasteiger partial charge in [0.1, 0.15) is 11.6 Å². The van der Waals surface area contributed by atoms with Crippen LogP contribution >= 0.6 is 0 Å². The van der Waals surface area contributed by atoms with Crippen molar-refractivity contribution >= 4 is 15.7 Å². The Morgan fingerprint density at radius 2 is 2.00 bits per heavy atom. The summed E-state index contributed by atoms with van der Waals surface area (Å²) in [7, 11) is -3.06. The fourth-order valence-corrected chi connectivity index (χ4v) is 4.10. The predicted molar refractivity (Wildman–Crippen MR) is 78.6 cm³/mol. The van der Waals surface area contributed by atoms with Crippen molar-refractivity contribution in [1.29, 1.82) is 0 Å². The van der Waals surface area contributed by atoms with Gasteiger partial charge in [-0.05, 0) is 30.7 Å². The molecule has 1 aliphatic rings. The van der Waals surface area contributed by atoms with Crippen LogP contribution in [0.2, 0.25) is 0 Å². The van der Waals surface area contributed by atoms with Crippen molar-refractivity contribution in [2.45, 2.75) is 12.5 Å². The fourth-order valence-electron chi connectivity index (χ4n) is 2.43. The second kappa shape index (κ2) is 5.57. The predicted octanol–water partition coefficient (Wildman–Crippen LogP) is 2.00. The molecule has 1 saturated heterocycles. The lowest BCUT2D eigenvalue weighted by Gasteiger charge is -2.08. The van der Waals surface area contributed by atoms with E-state index in [9.17, 15) is 17.6 Å². The third-order valence-corrected chi connectivity index (χ3v) is 5.30. The molecule has 1 aromatic carbocycles. The lowest BCUT2D eigenvalue weighted by molar-refractivity contribution is 0.0914. The summed E-state index contributed by atoms with van der Waals surface area (Å²) < 4.78 is 41.8. The molecule has 0 spiro atoms. The molecule has 0 unspecified atom stereocenters. The van der Waals surface area contributed by atoms with Gasteiger partial charge in [0.15, 0.2) is 15.6 Å². The van der Waals surface area contributed by atoms with Gasteiger partial charge in [-0.3, -0.25) is 4.79 Å². The van der Waals surface area contributed by atoms with Gasteiger partial charge in [0.05, 0.1) is 17.1 Å². The standard InChI is InChI=1S/C15H14FNO4S/c16-12-4-2-1-3-11(12)13-5-6-14(21-13)15(18)17-10-7-8-22(19,20)9-10/h1-6,10H,7-9H2,(H,17,18)/t10-/m0/s1. The highest BCUT2D eigenvalue weighted by atomic mass is 32.2. The number of rotatable bonds is 3. The Balaban J connectivity index is 1.74. The van der Waals surface area contributed by atoms with Gasteiger partial charge < -0.3 is 9.73 Å². The lowest BCUT2D eigenvalue weighted by Crippen LogP contribution is -2.35. The van der Waals surface area contributed by atoms with Gasteiger partial charge >= 0.3 is 0 Å². The van der Waals surface area contributed by atoms with Crippen LogP contribution in [0.25, 0.3) is 11.3 Å². The minimum atomic E-state index is -3.06. The van der Waals surface area contributed by atoms with Crippen LogP contribution in [-0.2, 0) is 9.84 Å². The molecule has 0 radical (unpaired) electrons. The van der Waals surface area contributed by atoms with Crippen LogP contribution in [0.3, 0.4) is 0 Å². The number of carbonyl (C=O) groups is 1. The first-order valence-corrected chi connectivity index (χ1v) is 8.63. The molecule has 1 aromatic heterocycles. The number of halogens is 1. The van der Waals surface area contributed by atoms with Crippen LogP contribution in [0, 0.1) is 5.82 Å². The molecule has 3 rings (SSSR count). The van der Waals surface area contributed by atoms with E-state index < -0.39 is 27.6 Å². The van der Waals surface area contributed by atoms with Crippen molar-refractivity contribution in [3.8, 4) is 11.3 Å². The minimum Gasteiger partial charge on any atom is -0.451 e. The van der Waals surface area contributed by atoms with Crippen LogP contribution in [-0.4, -0.2) is 31.9 Å². The molecule has 1 N–H and O–H groups in total. The third-order valence-electron chi connectivity index (χ3n) is 3.54. The Morgan fingerprint density at radius 3 is 2.68 bits per heavy atom. The van der Waals surface area contributed by atoms with E-state index in [1.807, 2.05) is 0 Å². The van der Waals surface area contributed by atoms with Gasteiger partial charge in [-0.1, -0.05) is 12.1 Å². The highest BCUT2D eigenvalue weighted by Crippen LogP contribution is 2.25. The minimum absolute atomic E-state index is 0.0301. The third kappa shape index (κ3) is 3.04. The quantitative estimate of drug-likeness (QED) is 0.937. The summed E-state index contributed by atoms with van der Waals surface area (Å²) in [6.07, 6.45) is 0.398. The fraction of sp³-hybridized carbons (Fsp3) is 0.267. The molecular formula is C15H14FNO4S. The van der Waals surface area contributed by atoms with Gasteiger partial charge in [0, 0.05) is 6.04 Å². The molecule has 22 heavy (non-hydrogen) atoms. The Bertz CT molecular complexity index is 812. The summed E-state index contributed by atoms with van der Waals surface area (Å²) in [5.74, 6) is -0.629. The van der Waals surface area contributed by atoms with Crippen molar-refractivity contribution in [1.82, 2.24) is 5.32 Å². The first-order chi connectivity index (χ1) is 10.4. The summed E-state index contributed by atoms with van der Waals surface area (Å²) >= 11 is 0. The molecule has 1 aliphatic heterocycles. The van der Waals surface area contributed by atoms with Crippen LogP contribution in [0.5, 0.6) is 0 Å². The van der Waals surface area contributed by atoms with Crippen LogP contribution < -0.4 is 5.32 Å². The van der Waals surface area contributed by atoms with Crippen LogP contribution in [0.4, 0.5) is 4.39 Å². The van der Waals surface area contributed by atoms with Gasteiger partial charge in [0.2, 0.25) is 0 Å². The average molecular weight is 323 g/mol. The highest BCUT2D eigenvalue weighted by Gasteiger charge is 2.29. The zero-order valence-corrected chi connectivity index (χ0v) is 12.4. The normalized spacial score (nSPS) is 20.0. The summed E-state index contributed by atoms with van der Waals surface area (Å²) in [5.41, 5.74) is 0.269. The average Bonchev–Trinajstić information content (AvgIpc) is 3.06. The number of sulfone groups is 1. The van der Waals surface area contributed by atoms with Crippen molar-refractivity contribution in [2.24, 2.45) is 0 Å². The smallest absolute Gasteiger partial charge is 0.287 e. The second-order valence-electron chi connectivity index (χ2n) is 5.22. The summed E-state index contributed by atoms with van der Waals surface area (Å²) in [6, 6.07) is 8.65. The monoisotopic (exact) mass is 323 g/mol. The van der Waals surface area contributed by atoms with E-state index in [1.54, 1.807) is 18.2 Å². The molecule has 1 fully saturated rings. The number of furan rings is 1. The maximum absolute atomic E-state index is 13.7. The highest BCUT2D eigenvalue weighted by molar-refractivity contribution is 7.91. The number of benzene rings is 1. The number of carbonyl (C=O) groups excluding carboxylic acids is 1. The Kier molecular flexibility index (Phi) is 3.74. The Hall–Kier alpha value is -2.15. The van der Waals surface area contributed by atoms with Crippen LogP contribution in [0.1, 0.15) is 17.0 Å². The van der Waals surface area contributed by atoms with E-state index in [0.29, 0.717) is 6.42 Å².